The van der Waals surface area contributed by atoms with E-state index >= 15 is 0 Å². The maximum atomic E-state index is 13.0. The van der Waals surface area contributed by atoms with Crippen LogP contribution in [0.25, 0.3) is 0 Å². The Morgan fingerprint density at radius 3 is 2.33 bits per heavy atom. The predicted octanol–water partition coefficient (Wildman–Crippen LogP) is 2.02. The third-order valence-corrected chi connectivity index (χ3v) is 4.39. The molecule has 2 rings (SSSR count). The fourth-order valence-electron chi connectivity index (χ4n) is 1.90. The zero-order valence-electron chi connectivity index (χ0n) is 11.6. The second kappa shape index (κ2) is 6.80. The summed E-state index contributed by atoms with van der Waals surface area (Å²) in [6.45, 7) is 0.732. The average Bonchev–Trinajstić information content (AvgIpc) is 2.46. The molecule has 0 fully saturated rings. The standard InChI is InChI=1S/C15H17FN2O2S/c1-17-10-12-5-7-15(8-6-12)21(19,20)18-11-13-3-2-4-14(16)9-13/h2-9,17-18H,10-11H2,1H3. The highest BCUT2D eigenvalue weighted by atomic mass is 32.2. The summed E-state index contributed by atoms with van der Waals surface area (Å²) in [6.07, 6.45) is 0. The van der Waals surface area contributed by atoms with Crippen LogP contribution in [-0.2, 0) is 23.1 Å². The highest BCUT2D eigenvalue weighted by Crippen LogP contribution is 2.11. The lowest BCUT2D eigenvalue weighted by Gasteiger charge is -2.08. The molecule has 2 aromatic carbocycles. The van der Waals surface area contributed by atoms with E-state index in [4.69, 9.17) is 0 Å². The van der Waals surface area contributed by atoms with Gasteiger partial charge in [0.1, 0.15) is 5.82 Å². The topological polar surface area (TPSA) is 58.2 Å². The number of benzene rings is 2. The summed E-state index contributed by atoms with van der Waals surface area (Å²) in [7, 11) is -1.77. The Morgan fingerprint density at radius 2 is 1.71 bits per heavy atom. The minimum absolute atomic E-state index is 0.0539. The first-order chi connectivity index (χ1) is 10.0. The van der Waals surface area contributed by atoms with Crippen LogP contribution in [0.4, 0.5) is 4.39 Å². The molecule has 0 aliphatic rings. The molecule has 0 unspecified atom stereocenters. The van der Waals surface area contributed by atoms with Crippen molar-refractivity contribution in [2.45, 2.75) is 18.0 Å². The molecule has 0 heterocycles. The minimum atomic E-state index is -3.60. The number of hydrogen-bond acceptors (Lipinski definition) is 3. The monoisotopic (exact) mass is 308 g/mol. The van der Waals surface area contributed by atoms with Crippen molar-refractivity contribution in [1.82, 2.24) is 10.0 Å². The van der Waals surface area contributed by atoms with Gasteiger partial charge in [-0.15, -0.1) is 0 Å². The SMILES string of the molecule is CNCc1ccc(S(=O)(=O)NCc2cccc(F)c2)cc1. The van der Waals surface area contributed by atoms with E-state index in [1.165, 1.54) is 12.1 Å². The van der Waals surface area contributed by atoms with Crippen molar-refractivity contribution in [3.63, 3.8) is 0 Å². The Morgan fingerprint density at radius 1 is 1.00 bits per heavy atom. The Bertz CT molecular complexity index is 700. The first-order valence-corrected chi connectivity index (χ1v) is 7.97. The zero-order valence-corrected chi connectivity index (χ0v) is 12.5. The molecule has 0 bridgehead atoms. The van der Waals surface area contributed by atoms with Gasteiger partial charge in [0, 0.05) is 13.1 Å². The van der Waals surface area contributed by atoms with E-state index < -0.39 is 10.0 Å². The molecule has 0 aromatic heterocycles. The fourth-order valence-corrected chi connectivity index (χ4v) is 2.92. The number of halogens is 1. The molecule has 0 radical (unpaired) electrons. The second-order valence-corrected chi connectivity index (χ2v) is 6.40. The molecule has 0 saturated heterocycles. The molecule has 0 atom stereocenters. The lowest BCUT2D eigenvalue weighted by atomic mass is 10.2. The molecule has 0 saturated carbocycles. The van der Waals surface area contributed by atoms with E-state index in [1.807, 2.05) is 7.05 Å². The van der Waals surface area contributed by atoms with Crippen LogP contribution in [0.15, 0.2) is 53.4 Å². The Kier molecular flexibility index (Phi) is 5.06. The van der Waals surface area contributed by atoms with E-state index in [0.717, 1.165) is 5.56 Å². The third-order valence-electron chi connectivity index (χ3n) is 2.97. The largest absolute Gasteiger partial charge is 0.316 e. The second-order valence-electron chi connectivity index (χ2n) is 4.63. The smallest absolute Gasteiger partial charge is 0.240 e. The zero-order chi connectivity index (χ0) is 15.3. The summed E-state index contributed by atoms with van der Waals surface area (Å²) < 4.78 is 39.8. The molecule has 2 aromatic rings. The average molecular weight is 308 g/mol. The first-order valence-electron chi connectivity index (χ1n) is 6.49. The van der Waals surface area contributed by atoms with Gasteiger partial charge in [-0.1, -0.05) is 24.3 Å². The van der Waals surface area contributed by atoms with Crippen LogP contribution in [-0.4, -0.2) is 15.5 Å². The fraction of sp³-hybridized carbons (Fsp3) is 0.200. The van der Waals surface area contributed by atoms with Crippen molar-refractivity contribution >= 4 is 10.0 Å². The predicted molar refractivity (Wildman–Crippen MR) is 79.6 cm³/mol. The quantitative estimate of drug-likeness (QED) is 0.858. The summed E-state index contributed by atoms with van der Waals surface area (Å²) in [5.74, 6) is -0.386. The molecule has 21 heavy (non-hydrogen) atoms. The Labute approximate surface area is 124 Å². The van der Waals surface area contributed by atoms with Gasteiger partial charge in [0.15, 0.2) is 0 Å². The normalized spacial score (nSPS) is 11.5. The molecular formula is C15H17FN2O2S. The van der Waals surface area contributed by atoms with Crippen molar-refractivity contribution in [1.29, 1.82) is 0 Å². The van der Waals surface area contributed by atoms with Gasteiger partial charge in [-0.2, -0.15) is 0 Å². The molecule has 6 heteroatoms. The molecule has 112 valence electrons. The van der Waals surface area contributed by atoms with Gasteiger partial charge in [-0.3, -0.25) is 0 Å². The number of nitrogens with one attached hydrogen (secondary N) is 2. The van der Waals surface area contributed by atoms with Crippen LogP contribution >= 0.6 is 0 Å². The maximum Gasteiger partial charge on any atom is 0.240 e. The third kappa shape index (κ3) is 4.35. The van der Waals surface area contributed by atoms with Crippen molar-refractivity contribution < 1.29 is 12.8 Å². The van der Waals surface area contributed by atoms with E-state index in [0.29, 0.717) is 12.1 Å². The number of hydrogen-bond donors (Lipinski definition) is 2. The summed E-state index contributed by atoms with van der Waals surface area (Å²) in [5, 5.41) is 2.99. The highest BCUT2D eigenvalue weighted by molar-refractivity contribution is 7.89. The molecule has 0 aliphatic carbocycles. The lowest BCUT2D eigenvalue weighted by Crippen LogP contribution is -2.23. The van der Waals surface area contributed by atoms with Gasteiger partial charge in [-0.05, 0) is 42.4 Å². The van der Waals surface area contributed by atoms with E-state index in [2.05, 4.69) is 10.0 Å². The van der Waals surface area contributed by atoms with E-state index in [-0.39, 0.29) is 17.3 Å². The summed E-state index contributed by atoms with van der Waals surface area (Å²) in [4.78, 5) is 0.193. The van der Waals surface area contributed by atoms with Gasteiger partial charge < -0.3 is 5.32 Å². The Hall–Kier alpha value is -1.76. The number of rotatable bonds is 6. The Balaban J connectivity index is 2.07. The van der Waals surface area contributed by atoms with Crippen molar-refractivity contribution in [3.8, 4) is 0 Å². The molecule has 0 aliphatic heterocycles. The van der Waals surface area contributed by atoms with E-state index in [1.54, 1.807) is 36.4 Å². The molecule has 2 N–H and O–H groups in total. The first kappa shape index (κ1) is 15.6. The molecular weight excluding hydrogens is 291 g/mol. The maximum absolute atomic E-state index is 13.0. The summed E-state index contributed by atoms with van der Waals surface area (Å²) in [6, 6.07) is 12.5. The number of sulfonamides is 1. The molecule has 0 spiro atoms. The van der Waals surface area contributed by atoms with Crippen LogP contribution in [0, 0.1) is 5.82 Å². The van der Waals surface area contributed by atoms with Crippen molar-refractivity contribution in [3.05, 3.63) is 65.5 Å². The summed E-state index contributed by atoms with van der Waals surface area (Å²) >= 11 is 0. The molecule has 0 amide bonds. The van der Waals surface area contributed by atoms with E-state index in [9.17, 15) is 12.8 Å². The van der Waals surface area contributed by atoms with Gasteiger partial charge in [0.2, 0.25) is 10.0 Å². The van der Waals surface area contributed by atoms with Crippen LogP contribution < -0.4 is 10.0 Å². The van der Waals surface area contributed by atoms with Crippen LogP contribution in [0.5, 0.6) is 0 Å². The van der Waals surface area contributed by atoms with Crippen LogP contribution in [0.1, 0.15) is 11.1 Å². The molecule has 4 nitrogen and oxygen atoms in total. The van der Waals surface area contributed by atoms with Crippen molar-refractivity contribution in [2.24, 2.45) is 0 Å². The summed E-state index contributed by atoms with van der Waals surface area (Å²) in [5.41, 5.74) is 1.58. The van der Waals surface area contributed by atoms with Crippen LogP contribution in [0.3, 0.4) is 0 Å². The van der Waals surface area contributed by atoms with Gasteiger partial charge >= 0.3 is 0 Å². The van der Waals surface area contributed by atoms with Crippen molar-refractivity contribution in [2.75, 3.05) is 7.05 Å². The van der Waals surface area contributed by atoms with Gasteiger partial charge in [0.05, 0.1) is 4.90 Å². The van der Waals surface area contributed by atoms with Crippen LogP contribution in [0.2, 0.25) is 0 Å². The van der Waals surface area contributed by atoms with Gasteiger partial charge in [-0.25, -0.2) is 17.5 Å². The van der Waals surface area contributed by atoms with Gasteiger partial charge in [0.25, 0.3) is 0 Å². The minimum Gasteiger partial charge on any atom is -0.316 e. The lowest BCUT2D eigenvalue weighted by molar-refractivity contribution is 0.580. The highest BCUT2D eigenvalue weighted by Gasteiger charge is 2.13.